The lowest BCUT2D eigenvalue weighted by molar-refractivity contribution is -0.149. The van der Waals surface area contributed by atoms with Gasteiger partial charge in [-0.05, 0) is 67.2 Å². The Labute approximate surface area is 158 Å². The Morgan fingerprint density at radius 2 is 1.46 bits per heavy atom. The minimum Gasteiger partial charge on any atom is -0.480 e. The SMILES string of the molecule is CC(C)=CCCC(C)=CCCC(C)=CCN(C(=O)[C@H](C)N)[C@@H](C)C(=O)O. The summed E-state index contributed by atoms with van der Waals surface area (Å²) in [4.78, 5) is 24.7. The maximum Gasteiger partial charge on any atom is 0.326 e. The smallest absolute Gasteiger partial charge is 0.326 e. The molecule has 5 heteroatoms. The molecular formula is C21H36N2O3. The Balaban J connectivity index is 4.65. The second-order valence-electron chi connectivity index (χ2n) is 7.25. The molecule has 0 unspecified atom stereocenters. The highest BCUT2D eigenvalue weighted by atomic mass is 16.4. The van der Waals surface area contributed by atoms with Gasteiger partial charge in [0.05, 0.1) is 6.04 Å². The molecular weight excluding hydrogens is 328 g/mol. The van der Waals surface area contributed by atoms with E-state index in [1.807, 2.05) is 13.0 Å². The second kappa shape index (κ2) is 12.5. The molecule has 0 aliphatic carbocycles. The molecule has 0 radical (unpaired) electrons. The highest BCUT2D eigenvalue weighted by Gasteiger charge is 2.26. The summed E-state index contributed by atoms with van der Waals surface area (Å²) < 4.78 is 0. The van der Waals surface area contributed by atoms with Crippen molar-refractivity contribution in [2.45, 2.75) is 79.3 Å². The first-order chi connectivity index (χ1) is 12.1. The van der Waals surface area contributed by atoms with Crippen molar-refractivity contribution in [1.82, 2.24) is 4.90 Å². The molecule has 0 saturated heterocycles. The number of allylic oxidation sites excluding steroid dienone is 5. The minimum atomic E-state index is -1.03. The number of nitrogens with two attached hydrogens (primary N) is 1. The summed E-state index contributed by atoms with van der Waals surface area (Å²) in [6.07, 6.45) is 10.4. The Hall–Kier alpha value is -1.88. The zero-order valence-corrected chi connectivity index (χ0v) is 17.2. The Morgan fingerprint density at radius 1 is 0.962 bits per heavy atom. The van der Waals surface area contributed by atoms with Crippen molar-refractivity contribution in [3.63, 3.8) is 0 Å². The Bertz CT molecular complexity index is 556. The number of hydrogen-bond acceptors (Lipinski definition) is 3. The number of aliphatic carboxylic acids is 1. The van der Waals surface area contributed by atoms with Crippen LogP contribution in [0.1, 0.15) is 67.2 Å². The van der Waals surface area contributed by atoms with Crippen molar-refractivity contribution < 1.29 is 14.7 Å². The van der Waals surface area contributed by atoms with Crippen molar-refractivity contribution in [3.05, 3.63) is 34.9 Å². The van der Waals surface area contributed by atoms with E-state index in [2.05, 4.69) is 32.9 Å². The van der Waals surface area contributed by atoms with Gasteiger partial charge in [0, 0.05) is 6.54 Å². The van der Waals surface area contributed by atoms with Gasteiger partial charge in [0.2, 0.25) is 5.91 Å². The largest absolute Gasteiger partial charge is 0.480 e. The van der Waals surface area contributed by atoms with Crippen LogP contribution in [0.3, 0.4) is 0 Å². The molecule has 0 aromatic rings. The summed E-state index contributed by atoms with van der Waals surface area (Å²) in [7, 11) is 0. The van der Waals surface area contributed by atoms with E-state index >= 15 is 0 Å². The standard InChI is InChI=1S/C21H36N2O3/c1-15(2)9-7-10-16(3)11-8-12-17(4)13-14-23(19(6)21(25)26)20(24)18(5)22/h9,11,13,18-19H,7-8,10,12,14,22H2,1-6H3,(H,25,26)/t18-,19-/m0/s1. The maximum absolute atomic E-state index is 12.1. The zero-order valence-electron chi connectivity index (χ0n) is 17.2. The molecule has 0 heterocycles. The molecule has 2 atom stereocenters. The number of carbonyl (C=O) groups excluding carboxylic acids is 1. The summed E-state index contributed by atoms with van der Waals surface area (Å²) in [5.41, 5.74) is 9.50. The summed E-state index contributed by atoms with van der Waals surface area (Å²) in [6, 6.07) is -1.60. The molecule has 0 bridgehead atoms. The molecule has 0 saturated carbocycles. The van der Waals surface area contributed by atoms with Crippen LogP contribution in [0.4, 0.5) is 0 Å². The molecule has 3 N–H and O–H groups in total. The van der Waals surface area contributed by atoms with Crippen molar-refractivity contribution in [2.24, 2.45) is 5.73 Å². The van der Waals surface area contributed by atoms with Gasteiger partial charge in [-0.3, -0.25) is 4.79 Å². The first-order valence-electron chi connectivity index (χ1n) is 9.29. The molecule has 0 spiro atoms. The second-order valence-corrected chi connectivity index (χ2v) is 7.25. The van der Waals surface area contributed by atoms with E-state index in [1.54, 1.807) is 6.92 Å². The Morgan fingerprint density at radius 3 is 1.92 bits per heavy atom. The van der Waals surface area contributed by atoms with E-state index in [-0.39, 0.29) is 12.5 Å². The quantitative estimate of drug-likeness (QED) is 0.542. The third-order valence-electron chi connectivity index (χ3n) is 4.26. The molecule has 0 aliphatic rings. The monoisotopic (exact) mass is 364 g/mol. The summed E-state index contributed by atoms with van der Waals surface area (Å²) in [5.74, 6) is -1.38. The summed E-state index contributed by atoms with van der Waals surface area (Å²) >= 11 is 0. The lowest BCUT2D eigenvalue weighted by Gasteiger charge is -2.27. The molecule has 148 valence electrons. The topological polar surface area (TPSA) is 83.6 Å². The molecule has 0 aliphatic heterocycles. The van der Waals surface area contributed by atoms with Crippen molar-refractivity contribution in [3.8, 4) is 0 Å². The predicted molar refractivity (Wildman–Crippen MR) is 108 cm³/mol. The molecule has 26 heavy (non-hydrogen) atoms. The van der Waals surface area contributed by atoms with Crippen LogP contribution in [0.5, 0.6) is 0 Å². The first kappa shape index (κ1) is 24.1. The van der Waals surface area contributed by atoms with Gasteiger partial charge in [0.1, 0.15) is 6.04 Å². The third kappa shape index (κ3) is 10.2. The van der Waals surface area contributed by atoms with Crippen LogP contribution < -0.4 is 5.73 Å². The van der Waals surface area contributed by atoms with Gasteiger partial charge >= 0.3 is 5.97 Å². The number of carboxylic acids is 1. The van der Waals surface area contributed by atoms with E-state index in [4.69, 9.17) is 5.73 Å². The number of amides is 1. The van der Waals surface area contributed by atoms with E-state index in [1.165, 1.54) is 23.0 Å². The van der Waals surface area contributed by atoms with Crippen LogP contribution in [-0.2, 0) is 9.59 Å². The van der Waals surface area contributed by atoms with Gasteiger partial charge < -0.3 is 15.7 Å². The number of carbonyl (C=O) groups is 2. The van der Waals surface area contributed by atoms with Crippen LogP contribution >= 0.6 is 0 Å². The fourth-order valence-electron chi connectivity index (χ4n) is 2.43. The van der Waals surface area contributed by atoms with Crippen molar-refractivity contribution in [2.75, 3.05) is 6.54 Å². The molecule has 0 aromatic carbocycles. The lowest BCUT2D eigenvalue weighted by atomic mass is 10.1. The van der Waals surface area contributed by atoms with Crippen LogP contribution in [-0.4, -0.2) is 40.5 Å². The first-order valence-corrected chi connectivity index (χ1v) is 9.29. The van der Waals surface area contributed by atoms with E-state index in [0.717, 1.165) is 31.3 Å². The number of carboxylic acid groups (broad SMARTS) is 1. The minimum absolute atomic E-state index is 0.267. The highest BCUT2D eigenvalue weighted by molar-refractivity contribution is 5.86. The normalized spacial score (nSPS) is 14.6. The number of rotatable bonds is 11. The number of hydrogen-bond donors (Lipinski definition) is 2. The molecule has 5 nitrogen and oxygen atoms in total. The van der Waals surface area contributed by atoms with Gasteiger partial charge in [0.15, 0.2) is 0 Å². The van der Waals surface area contributed by atoms with Gasteiger partial charge in [0.25, 0.3) is 0 Å². The average molecular weight is 365 g/mol. The molecule has 0 rings (SSSR count). The Kier molecular flexibility index (Phi) is 11.6. The molecule has 0 fully saturated rings. The van der Waals surface area contributed by atoms with Crippen LogP contribution in [0.25, 0.3) is 0 Å². The molecule has 1 amide bonds. The summed E-state index contributed by atoms with van der Waals surface area (Å²) in [5, 5.41) is 9.19. The average Bonchev–Trinajstić information content (AvgIpc) is 2.53. The van der Waals surface area contributed by atoms with Gasteiger partial charge in [-0.2, -0.15) is 0 Å². The third-order valence-corrected chi connectivity index (χ3v) is 4.26. The van der Waals surface area contributed by atoms with Gasteiger partial charge in [-0.25, -0.2) is 4.79 Å². The lowest BCUT2D eigenvalue weighted by Crippen LogP contribution is -2.49. The van der Waals surface area contributed by atoms with E-state index in [0.29, 0.717) is 0 Å². The van der Waals surface area contributed by atoms with Crippen molar-refractivity contribution in [1.29, 1.82) is 0 Å². The fourth-order valence-corrected chi connectivity index (χ4v) is 2.43. The van der Waals surface area contributed by atoms with Crippen LogP contribution in [0, 0.1) is 0 Å². The maximum atomic E-state index is 12.1. The van der Waals surface area contributed by atoms with E-state index in [9.17, 15) is 14.7 Å². The zero-order chi connectivity index (χ0) is 20.3. The van der Waals surface area contributed by atoms with Crippen molar-refractivity contribution >= 4 is 11.9 Å². The van der Waals surface area contributed by atoms with Gasteiger partial charge in [-0.15, -0.1) is 0 Å². The van der Waals surface area contributed by atoms with Crippen LogP contribution in [0.2, 0.25) is 0 Å². The van der Waals surface area contributed by atoms with E-state index < -0.39 is 18.1 Å². The molecule has 0 aromatic heterocycles. The number of nitrogens with zero attached hydrogens (tertiary/aromatic N) is 1. The van der Waals surface area contributed by atoms with Crippen LogP contribution in [0.15, 0.2) is 34.9 Å². The highest BCUT2D eigenvalue weighted by Crippen LogP contribution is 2.12. The fraction of sp³-hybridized carbons (Fsp3) is 0.619. The summed E-state index contributed by atoms with van der Waals surface area (Å²) in [6.45, 7) is 11.7. The predicted octanol–water partition coefficient (Wildman–Crippen LogP) is 4.05. The van der Waals surface area contributed by atoms with Gasteiger partial charge in [-0.1, -0.05) is 34.9 Å².